The van der Waals surface area contributed by atoms with Gasteiger partial charge in [-0.05, 0) is 76.2 Å². The number of benzene rings is 2. The van der Waals surface area contributed by atoms with E-state index in [1.807, 2.05) is 0 Å². The first kappa shape index (κ1) is 22.9. The van der Waals surface area contributed by atoms with Crippen molar-refractivity contribution in [2.24, 2.45) is 0 Å². The van der Waals surface area contributed by atoms with Crippen LogP contribution >= 0.6 is 0 Å². The molecule has 1 N–H and O–H groups in total. The van der Waals surface area contributed by atoms with E-state index in [1.165, 1.54) is 36.0 Å². The molecular weight excluding hydrogens is 424 g/mol. The van der Waals surface area contributed by atoms with Gasteiger partial charge >= 0.3 is 6.09 Å². The molecule has 3 aromatic rings. The second kappa shape index (κ2) is 9.79. The molecule has 3 atom stereocenters. The number of anilines is 1. The summed E-state index contributed by atoms with van der Waals surface area (Å²) in [5.41, 5.74) is 5.74. The van der Waals surface area contributed by atoms with Gasteiger partial charge in [0.05, 0.1) is 23.8 Å². The van der Waals surface area contributed by atoms with Gasteiger partial charge in [-0.25, -0.2) is 9.78 Å². The number of imidazole rings is 1. The molecule has 1 fully saturated rings. The molecule has 3 heterocycles. The van der Waals surface area contributed by atoms with Gasteiger partial charge in [-0.2, -0.15) is 0 Å². The van der Waals surface area contributed by atoms with Gasteiger partial charge in [-0.15, -0.1) is 0 Å². The number of ether oxygens (including phenoxy) is 1. The molecule has 0 saturated carbocycles. The number of nitrogens with one attached hydrogen (secondary N) is 1. The monoisotopic (exact) mass is 460 g/mol. The van der Waals surface area contributed by atoms with Gasteiger partial charge in [-0.1, -0.05) is 37.3 Å². The molecule has 180 valence electrons. The number of aromatic nitrogens is 2. The van der Waals surface area contributed by atoms with Crippen molar-refractivity contribution >= 4 is 22.8 Å². The van der Waals surface area contributed by atoms with Crippen LogP contribution in [0.1, 0.15) is 68.4 Å². The molecule has 0 radical (unpaired) electrons. The van der Waals surface area contributed by atoms with Gasteiger partial charge in [0.25, 0.3) is 0 Å². The summed E-state index contributed by atoms with van der Waals surface area (Å²) >= 11 is 0. The minimum atomic E-state index is -0.292. The lowest BCUT2D eigenvalue weighted by atomic mass is 9.95. The van der Waals surface area contributed by atoms with Gasteiger partial charge in [0.15, 0.2) is 0 Å². The summed E-state index contributed by atoms with van der Waals surface area (Å²) in [6, 6.07) is 15.6. The molecule has 0 spiro atoms. The summed E-state index contributed by atoms with van der Waals surface area (Å²) in [7, 11) is 1.46. The number of amides is 1. The number of nitrogens with zero attached hydrogens (tertiary/aromatic N) is 3. The molecule has 2 aromatic carbocycles. The number of fused-ring (bicyclic) bond motifs is 3. The van der Waals surface area contributed by atoms with Crippen molar-refractivity contribution in [3.8, 4) is 0 Å². The van der Waals surface area contributed by atoms with Gasteiger partial charge in [0, 0.05) is 23.6 Å². The molecule has 2 aliphatic rings. The van der Waals surface area contributed by atoms with Crippen LogP contribution < -0.4 is 10.2 Å². The van der Waals surface area contributed by atoms with E-state index in [0.717, 1.165) is 56.4 Å². The number of carbonyl (C=O) groups is 1. The molecule has 1 amide bonds. The minimum Gasteiger partial charge on any atom is -0.452 e. The number of hydrogen-bond donors (Lipinski definition) is 1. The summed E-state index contributed by atoms with van der Waals surface area (Å²) < 4.78 is 7.66. The zero-order valence-corrected chi connectivity index (χ0v) is 20.6. The average molecular weight is 461 g/mol. The summed E-state index contributed by atoms with van der Waals surface area (Å²) in [6.07, 6.45) is 5.95. The first-order chi connectivity index (χ1) is 16.6. The van der Waals surface area contributed by atoms with Crippen molar-refractivity contribution < 1.29 is 9.53 Å². The first-order valence-corrected chi connectivity index (χ1v) is 12.7. The van der Waals surface area contributed by atoms with E-state index in [-0.39, 0.29) is 12.1 Å². The number of methoxy groups -OCH3 is 1. The number of aryl methyl sites for hydroxylation is 1. The standard InChI is InChI=1S/C28H36N4O2/c1-19(18-21-8-5-4-6-9-21)27-30-26-23-12-11-20(2)31(28(33)34-3)24(23)13-14-25(26)32(27)22-10-7-16-29-17-15-22/h4-6,8-9,13-14,19-20,22,29H,7,10-12,15-18H2,1-3H3/t19-,20+,22+/m1/s1. The lowest BCUT2D eigenvalue weighted by Crippen LogP contribution is -2.42. The predicted octanol–water partition coefficient (Wildman–Crippen LogP) is 5.60. The van der Waals surface area contributed by atoms with Crippen LogP contribution in [-0.4, -0.2) is 41.9 Å². The molecule has 2 aliphatic heterocycles. The van der Waals surface area contributed by atoms with E-state index >= 15 is 0 Å². The van der Waals surface area contributed by atoms with Crippen molar-refractivity contribution in [3.05, 3.63) is 59.4 Å². The molecular formula is C28H36N4O2. The Morgan fingerprint density at radius 1 is 1.15 bits per heavy atom. The fourth-order valence-corrected chi connectivity index (χ4v) is 5.84. The largest absolute Gasteiger partial charge is 0.452 e. The number of hydrogen-bond acceptors (Lipinski definition) is 4. The van der Waals surface area contributed by atoms with Gasteiger partial charge in [0.2, 0.25) is 0 Å². The normalized spacial score (nSPS) is 21.7. The highest BCUT2D eigenvalue weighted by Crippen LogP contribution is 2.39. The molecule has 0 bridgehead atoms. The van der Waals surface area contributed by atoms with E-state index in [0.29, 0.717) is 12.0 Å². The van der Waals surface area contributed by atoms with E-state index in [2.05, 4.69) is 66.2 Å². The maximum atomic E-state index is 12.6. The van der Waals surface area contributed by atoms with Gasteiger partial charge < -0.3 is 14.6 Å². The second-order valence-electron chi connectivity index (χ2n) is 9.92. The van der Waals surface area contributed by atoms with Crippen LogP contribution in [-0.2, 0) is 17.6 Å². The first-order valence-electron chi connectivity index (χ1n) is 12.7. The average Bonchev–Trinajstić information content (AvgIpc) is 3.04. The highest BCUT2D eigenvalue weighted by atomic mass is 16.5. The Morgan fingerprint density at radius 3 is 2.76 bits per heavy atom. The molecule has 34 heavy (non-hydrogen) atoms. The number of rotatable bonds is 4. The van der Waals surface area contributed by atoms with Crippen LogP contribution in [0, 0.1) is 0 Å². The quantitative estimate of drug-likeness (QED) is 0.550. The molecule has 6 heteroatoms. The van der Waals surface area contributed by atoms with E-state index in [1.54, 1.807) is 4.90 Å². The van der Waals surface area contributed by atoms with Crippen LogP contribution in [0.3, 0.4) is 0 Å². The third-order valence-electron chi connectivity index (χ3n) is 7.59. The third-order valence-corrected chi connectivity index (χ3v) is 7.59. The SMILES string of the molecule is COC(=O)N1c2ccc3c(nc([C@H](C)Cc4ccccc4)n3[C@H]3CCCNCC3)c2CC[C@@H]1C. The van der Waals surface area contributed by atoms with Crippen LogP contribution in [0.25, 0.3) is 11.0 Å². The molecule has 1 aromatic heterocycles. The van der Waals surface area contributed by atoms with E-state index < -0.39 is 0 Å². The Balaban J connectivity index is 1.64. The Morgan fingerprint density at radius 2 is 1.97 bits per heavy atom. The van der Waals surface area contributed by atoms with Crippen LogP contribution in [0.2, 0.25) is 0 Å². The topological polar surface area (TPSA) is 59.4 Å². The van der Waals surface area contributed by atoms with Crippen LogP contribution in [0.15, 0.2) is 42.5 Å². The van der Waals surface area contributed by atoms with Gasteiger partial charge in [-0.3, -0.25) is 4.90 Å². The molecule has 0 unspecified atom stereocenters. The molecule has 0 aliphatic carbocycles. The summed E-state index contributed by atoms with van der Waals surface area (Å²) in [6.45, 7) is 6.51. The molecule has 6 nitrogen and oxygen atoms in total. The zero-order valence-electron chi connectivity index (χ0n) is 20.6. The summed E-state index contributed by atoms with van der Waals surface area (Å²) in [5.74, 6) is 1.46. The maximum absolute atomic E-state index is 12.6. The Labute approximate surface area is 202 Å². The van der Waals surface area contributed by atoms with Crippen molar-refractivity contribution in [1.82, 2.24) is 14.9 Å². The Bertz CT molecular complexity index is 1150. The Hall–Kier alpha value is -2.86. The van der Waals surface area contributed by atoms with Gasteiger partial charge in [0.1, 0.15) is 5.82 Å². The highest BCUT2D eigenvalue weighted by molar-refractivity contribution is 5.95. The fourth-order valence-electron chi connectivity index (χ4n) is 5.84. The second-order valence-corrected chi connectivity index (χ2v) is 9.92. The van der Waals surface area contributed by atoms with E-state index in [9.17, 15) is 4.79 Å². The molecule has 1 saturated heterocycles. The fraction of sp³-hybridized carbons (Fsp3) is 0.500. The highest BCUT2D eigenvalue weighted by Gasteiger charge is 2.32. The van der Waals surface area contributed by atoms with Crippen molar-refractivity contribution in [1.29, 1.82) is 0 Å². The van der Waals surface area contributed by atoms with E-state index in [4.69, 9.17) is 9.72 Å². The predicted molar refractivity (Wildman–Crippen MR) is 137 cm³/mol. The zero-order chi connectivity index (χ0) is 23.7. The molecule has 5 rings (SSSR count). The summed E-state index contributed by atoms with van der Waals surface area (Å²) in [4.78, 5) is 19.8. The van der Waals surface area contributed by atoms with Crippen LogP contribution in [0.4, 0.5) is 10.5 Å². The number of carbonyl (C=O) groups excluding carboxylic acids is 1. The maximum Gasteiger partial charge on any atom is 0.414 e. The van der Waals surface area contributed by atoms with Crippen LogP contribution in [0.5, 0.6) is 0 Å². The summed E-state index contributed by atoms with van der Waals surface area (Å²) in [5, 5.41) is 3.56. The minimum absolute atomic E-state index is 0.115. The lowest BCUT2D eigenvalue weighted by Gasteiger charge is -2.34. The smallest absolute Gasteiger partial charge is 0.414 e. The van der Waals surface area contributed by atoms with Crippen molar-refractivity contribution in [2.75, 3.05) is 25.1 Å². The lowest BCUT2D eigenvalue weighted by molar-refractivity contribution is 0.175. The van der Waals surface area contributed by atoms with Crippen molar-refractivity contribution in [2.45, 2.75) is 70.4 Å². The third kappa shape index (κ3) is 4.20. The van der Waals surface area contributed by atoms with Crippen molar-refractivity contribution in [3.63, 3.8) is 0 Å². The Kier molecular flexibility index (Phi) is 6.59.